The third-order valence-electron chi connectivity index (χ3n) is 3.87. The van der Waals surface area contributed by atoms with Crippen LogP contribution in [-0.4, -0.2) is 33.3 Å². The Bertz CT molecular complexity index is 948. The van der Waals surface area contributed by atoms with Crippen molar-refractivity contribution in [1.29, 1.82) is 0 Å². The minimum Gasteiger partial charge on any atom is -0.468 e. The van der Waals surface area contributed by atoms with E-state index in [0.717, 1.165) is 10.8 Å². The Labute approximate surface area is 143 Å². The van der Waals surface area contributed by atoms with E-state index in [2.05, 4.69) is 0 Å². The highest BCUT2D eigenvalue weighted by Crippen LogP contribution is 2.39. The van der Waals surface area contributed by atoms with E-state index in [1.54, 1.807) is 6.07 Å². The summed E-state index contributed by atoms with van der Waals surface area (Å²) in [5, 5.41) is 1.83. The Morgan fingerprint density at radius 3 is 2.16 bits per heavy atom. The molecule has 0 fully saturated rings. The second-order valence-electron chi connectivity index (χ2n) is 5.18. The van der Waals surface area contributed by atoms with Crippen LogP contribution in [0.3, 0.4) is 0 Å². The van der Waals surface area contributed by atoms with Gasteiger partial charge in [0.15, 0.2) is 11.3 Å². The van der Waals surface area contributed by atoms with Gasteiger partial charge in [-0.25, -0.2) is 9.59 Å². The van der Waals surface area contributed by atoms with Gasteiger partial charge in [-0.05, 0) is 10.8 Å². The number of rotatable bonds is 4. The molecule has 0 saturated heterocycles. The molecule has 25 heavy (non-hydrogen) atoms. The van der Waals surface area contributed by atoms with E-state index in [9.17, 15) is 9.59 Å². The second kappa shape index (κ2) is 6.68. The maximum Gasteiger partial charge on any atom is 0.346 e. The van der Waals surface area contributed by atoms with Crippen LogP contribution in [0.15, 0.2) is 46.9 Å². The number of carbonyl (C=O) groups is 2. The fourth-order valence-electron chi connectivity index (χ4n) is 2.75. The summed E-state index contributed by atoms with van der Waals surface area (Å²) in [5.41, 5.74) is 0.522. The van der Waals surface area contributed by atoms with E-state index in [0.29, 0.717) is 5.56 Å². The Balaban J connectivity index is 2.37. The number of furan rings is 1. The maximum absolute atomic E-state index is 12.4. The lowest BCUT2D eigenvalue weighted by Gasteiger charge is -2.06. The van der Waals surface area contributed by atoms with Crippen LogP contribution < -0.4 is 4.74 Å². The number of hydrogen-bond acceptors (Lipinski definition) is 6. The number of carbonyl (C=O) groups excluding carboxylic acids is 2. The molecule has 128 valence electrons. The lowest BCUT2D eigenvalue weighted by Crippen LogP contribution is -2.11. The molecule has 3 rings (SSSR count). The van der Waals surface area contributed by atoms with Crippen molar-refractivity contribution in [3.05, 3.63) is 53.6 Å². The Morgan fingerprint density at radius 1 is 0.840 bits per heavy atom. The number of methoxy groups -OCH3 is 3. The predicted octanol–water partition coefficient (Wildman–Crippen LogP) is 3.68. The van der Waals surface area contributed by atoms with Crippen molar-refractivity contribution in [3.63, 3.8) is 0 Å². The predicted molar refractivity (Wildman–Crippen MR) is 90.9 cm³/mol. The average molecular weight is 340 g/mol. The molecule has 2 aromatic carbocycles. The van der Waals surface area contributed by atoms with Crippen LogP contribution in [0.2, 0.25) is 0 Å². The lowest BCUT2D eigenvalue weighted by molar-refractivity contribution is 0.0554. The first-order valence-corrected chi connectivity index (χ1v) is 7.47. The minimum absolute atomic E-state index is 0.0254. The van der Waals surface area contributed by atoms with E-state index in [1.165, 1.54) is 21.3 Å². The van der Waals surface area contributed by atoms with Gasteiger partial charge in [-0.3, -0.25) is 0 Å². The fraction of sp³-hybridized carbons (Fsp3) is 0.158. The number of benzene rings is 2. The highest BCUT2D eigenvalue weighted by molar-refractivity contribution is 6.10. The molecule has 0 atom stereocenters. The fourth-order valence-corrected chi connectivity index (χ4v) is 2.75. The Hall–Kier alpha value is -3.28. The summed E-state index contributed by atoms with van der Waals surface area (Å²) in [6.07, 6.45) is 0. The molecule has 6 heteroatoms. The topological polar surface area (TPSA) is 75.0 Å². The van der Waals surface area contributed by atoms with E-state index in [1.807, 2.05) is 36.4 Å². The molecule has 0 saturated carbocycles. The Morgan fingerprint density at radius 2 is 1.48 bits per heavy atom. The summed E-state index contributed by atoms with van der Waals surface area (Å²) >= 11 is 0. The minimum atomic E-state index is -0.743. The van der Waals surface area contributed by atoms with Crippen molar-refractivity contribution in [2.75, 3.05) is 21.3 Å². The molecular formula is C19H16O6. The highest BCUT2D eigenvalue weighted by Gasteiger charge is 2.33. The van der Waals surface area contributed by atoms with Gasteiger partial charge in [0.25, 0.3) is 0 Å². The molecule has 0 aliphatic carbocycles. The van der Waals surface area contributed by atoms with Gasteiger partial charge >= 0.3 is 17.9 Å². The number of hydrogen-bond donors (Lipinski definition) is 0. The van der Waals surface area contributed by atoms with Crippen LogP contribution in [-0.2, 0) is 9.47 Å². The molecule has 0 aliphatic rings. The third kappa shape index (κ3) is 2.71. The van der Waals surface area contributed by atoms with Gasteiger partial charge in [-0.2, -0.15) is 0 Å². The Kier molecular flexibility index (Phi) is 4.43. The molecule has 0 spiro atoms. The van der Waals surface area contributed by atoms with Crippen molar-refractivity contribution in [2.24, 2.45) is 0 Å². The molecule has 6 nitrogen and oxygen atoms in total. The smallest absolute Gasteiger partial charge is 0.346 e. The van der Waals surface area contributed by atoms with Crippen LogP contribution in [0.1, 0.15) is 20.7 Å². The van der Waals surface area contributed by atoms with Gasteiger partial charge < -0.3 is 18.6 Å². The first-order valence-electron chi connectivity index (χ1n) is 7.47. The van der Waals surface area contributed by atoms with Crippen molar-refractivity contribution in [1.82, 2.24) is 0 Å². The van der Waals surface area contributed by atoms with E-state index in [-0.39, 0.29) is 22.8 Å². The van der Waals surface area contributed by atoms with Crippen LogP contribution >= 0.6 is 0 Å². The quantitative estimate of drug-likeness (QED) is 0.675. The summed E-state index contributed by atoms with van der Waals surface area (Å²) in [6, 6.07) is 13.2. The first kappa shape index (κ1) is 16.6. The summed E-state index contributed by atoms with van der Waals surface area (Å²) in [7, 11) is 3.79. The lowest BCUT2D eigenvalue weighted by atomic mass is 9.99. The molecule has 0 unspecified atom stereocenters. The van der Waals surface area contributed by atoms with Gasteiger partial charge in [0.05, 0.1) is 21.3 Å². The third-order valence-corrected chi connectivity index (χ3v) is 3.87. The van der Waals surface area contributed by atoms with E-state index >= 15 is 0 Å². The van der Waals surface area contributed by atoms with Gasteiger partial charge in [0.2, 0.25) is 0 Å². The molecule has 0 radical (unpaired) electrons. The molecule has 0 N–H and O–H groups in total. The van der Waals surface area contributed by atoms with Gasteiger partial charge in [0, 0.05) is 5.56 Å². The summed E-state index contributed by atoms with van der Waals surface area (Å²) in [5.74, 6) is -1.36. The summed E-state index contributed by atoms with van der Waals surface area (Å²) in [4.78, 5) is 24.5. The average Bonchev–Trinajstić information content (AvgIpc) is 3.05. The monoisotopic (exact) mass is 340 g/mol. The highest BCUT2D eigenvalue weighted by atomic mass is 16.6. The van der Waals surface area contributed by atoms with E-state index < -0.39 is 11.9 Å². The van der Waals surface area contributed by atoms with Crippen molar-refractivity contribution in [3.8, 4) is 17.3 Å². The summed E-state index contributed by atoms with van der Waals surface area (Å²) < 4.78 is 20.5. The van der Waals surface area contributed by atoms with Gasteiger partial charge in [0.1, 0.15) is 5.56 Å². The zero-order chi connectivity index (χ0) is 18.0. The largest absolute Gasteiger partial charge is 0.468 e. The van der Waals surface area contributed by atoms with Crippen LogP contribution in [0.25, 0.3) is 22.1 Å². The summed E-state index contributed by atoms with van der Waals surface area (Å²) in [6.45, 7) is 0. The van der Waals surface area contributed by atoms with Crippen LogP contribution in [0.4, 0.5) is 0 Å². The zero-order valence-corrected chi connectivity index (χ0v) is 14.0. The normalized spacial score (nSPS) is 10.5. The molecular weight excluding hydrogens is 324 g/mol. The molecule has 3 aromatic rings. The van der Waals surface area contributed by atoms with Crippen LogP contribution in [0, 0.1) is 0 Å². The maximum atomic E-state index is 12.4. The number of fused-ring (bicyclic) bond motifs is 1. The SMILES string of the molecule is COC(=O)c1c(OC)oc(-c2cccc3ccccc23)c1C(=O)OC. The van der Waals surface area contributed by atoms with Crippen LogP contribution in [0.5, 0.6) is 5.95 Å². The standard InChI is InChI=1S/C19H16O6/c1-22-17(20)14-15(18(21)23-2)19(24-3)25-16(14)13-10-6-8-11-7-4-5-9-12(11)13/h4-10H,1-3H3. The van der Waals surface area contributed by atoms with Crippen molar-refractivity contribution in [2.45, 2.75) is 0 Å². The first-order chi connectivity index (χ1) is 12.1. The zero-order valence-electron chi connectivity index (χ0n) is 14.0. The number of ether oxygens (including phenoxy) is 3. The molecule has 0 aliphatic heterocycles. The molecule has 1 heterocycles. The second-order valence-corrected chi connectivity index (χ2v) is 5.18. The molecule has 0 amide bonds. The van der Waals surface area contributed by atoms with Crippen molar-refractivity contribution >= 4 is 22.7 Å². The van der Waals surface area contributed by atoms with Gasteiger partial charge in [-0.15, -0.1) is 0 Å². The van der Waals surface area contributed by atoms with E-state index in [4.69, 9.17) is 18.6 Å². The molecule has 1 aromatic heterocycles. The van der Waals surface area contributed by atoms with Gasteiger partial charge in [-0.1, -0.05) is 42.5 Å². The molecule has 0 bridgehead atoms. The number of esters is 2. The van der Waals surface area contributed by atoms with Crippen molar-refractivity contribution < 1.29 is 28.2 Å².